The van der Waals surface area contributed by atoms with Crippen molar-refractivity contribution in [1.82, 2.24) is 0 Å². The quantitative estimate of drug-likeness (QED) is 0.562. The van der Waals surface area contributed by atoms with Crippen LogP contribution in [0.1, 0.15) is 106 Å². The molecule has 1 heterocycles. The van der Waals surface area contributed by atoms with E-state index in [4.69, 9.17) is 4.74 Å². The Hall–Kier alpha value is -0.900. The van der Waals surface area contributed by atoms with Gasteiger partial charge in [-0.1, -0.05) is 34.6 Å². The highest BCUT2D eigenvalue weighted by molar-refractivity contribution is 5.85. The molecule has 0 aromatic rings. The van der Waals surface area contributed by atoms with Gasteiger partial charge in [0.25, 0.3) is 0 Å². The van der Waals surface area contributed by atoms with Crippen molar-refractivity contribution in [2.24, 2.45) is 39.4 Å². The lowest BCUT2D eigenvalue weighted by molar-refractivity contribution is -0.234. The monoisotopic (exact) mass is 430 g/mol. The number of hydrogen-bond donors (Lipinski definition) is 1. The number of carbonyl (C=O) groups excluding carboxylic acids is 2. The van der Waals surface area contributed by atoms with Gasteiger partial charge in [-0.05, 0) is 85.9 Å². The van der Waals surface area contributed by atoms with Crippen LogP contribution in [0.5, 0.6) is 0 Å². The fourth-order valence-electron chi connectivity index (χ4n) is 10.2. The Bertz CT molecular complexity index is 833. The molecular formula is C27H42O4. The Morgan fingerprint density at radius 2 is 1.39 bits per heavy atom. The Balaban J connectivity index is 1.53. The number of carbonyl (C=O) groups is 2. The van der Waals surface area contributed by atoms with Gasteiger partial charge in [0.05, 0.1) is 0 Å². The number of aliphatic hydroxyl groups is 1. The molecular weight excluding hydrogens is 388 g/mol. The normalized spacial score (nSPS) is 55.9. The van der Waals surface area contributed by atoms with Gasteiger partial charge in [0, 0.05) is 24.7 Å². The molecule has 0 bridgehead atoms. The van der Waals surface area contributed by atoms with E-state index in [0.717, 1.165) is 44.9 Å². The van der Waals surface area contributed by atoms with Gasteiger partial charge in [0.2, 0.25) is 0 Å². The van der Waals surface area contributed by atoms with E-state index < -0.39 is 11.2 Å². The van der Waals surface area contributed by atoms with Crippen LogP contribution in [0.4, 0.5) is 0 Å². The van der Waals surface area contributed by atoms with Gasteiger partial charge in [0.15, 0.2) is 0 Å². The molecule has 0 radical (unpaired) electrons. The summed E-state index contributed by atoms with van der Waals surface area (Å²) in [4.78, 5) is 24.8. The van der Waals surface area contributed by atoms with Crippen molar-refractivity contribution in [3.05, 3.63) is 0 Å². The van der Waals surface area contributed by atoms with Crippen molar-refractivity contribution < 1.29 is 19.4 Å². The third-order valence-corrected chi connectivity index (χ3v) is 12.3. The maximum atomic E-state index is 12.8. The van der Waals surface area contributed by atoms with Crippen molar-refractivity contribution in [2.45, 2.75) is 117 Å². The summed E-state index contributed by atoms with van der Waals surface area (Å²) in [5.74, 6) is 1.48. The summed E-state index contributed by atoms with van der Waals surface area (Å²) in [6.07, 6.45) is 8.85. The second-order valence-corrected chi connectivity index (χ2v) is 13.4. The van der Waals surface area contributed by atoms with Crippen molar-refractivity contribution >= 4 is 11.8 Å². The summed E-state index contributed by atoms with van der Waals surface area (Å²) in [5.41, 5.74) is -1.56. The molecule has 5 rings (SSSR count). The summed E-state index contributed by atoms with van der Waals surface area (Å²) in [6, 6.07) is 0. The molecule has 5 fully saturated rings. The molecule has 0 spiro atoms. The summed E-state index contributed by atoms with van der Waals surface area (Å²) >= 11 is 0. The van der Waals surface area contributed by atoms with Crippen molar-refractivity contribution in [3.63, 3.8) is 0 Å². The molecule has 0 amide bonds. The lowest BCUT2D eigenvalue weighted by atomic mass is 9.35. The molecule has 4 heteroatoms. The van der Waals surface area contributed by atoms with E-state index in [1.807, 2.05) is 6.92 Å². The van der Waals surface area contributed by atoms with E-state index in [9.17, 15) is 14.7 Å². The highest BCUT2D eigenvalue weighted by Crippen LogP contribution is 2.76. The first-order valence-corrected chi connectivity index (χ1v) is 12.7. The summed E-state index contributed by atoms with van der Waals surface area (Å²) in [7, 11) is 0. The van der Waals surface area contributed by atoms with Gasteiger partial charge in [-0.15, -0.1) is 0 Å². The Morgan fingerprint density at radius 1 is 0.742 bits per heavy atom. The summed E-state index contributed by atoms with van der Waals surface area (Å²) in [6.45, 7) is 13.8. The van der Waals surface area contributed by atoms with Crippen LogP contribution in [-0.2, 0) is 14.3 Å². The molecule has 8 atom stereocenters. The van der Waals surface area contributed by atoms with E-state index >= 15 is 0 Å². The number of hydrogen-bond acceptors (Lipinski definition) is 4. The van der Waals surface area contributed by atoms with Crippen molar-refractivity contribution in [2.75, 3.05) is 0 Å². The van der Waals surface area contributed by atoms with E-state index in [1.54, 1.807) is 0 Å². The molecule has 0 aromatic heterocycles. The Kier molecular flexibility index (Phi) is 4.35. The molecule has 0 aromatic carbocycles. The maximum absolute atomic E-state index is 12.8. The highest BCUT2D eigenvalue weighted by Gasteiger charge is 2.73. The lowest BCUT2D eigenvalue weighted by Crippen LogP contribution is -2.66. The number of ketones is 1. The van der Waals surface area contributed by atoms with Gasteiger partial charge in [0.1, 0.15) is 17.0 Å². The molecule has 1 saturated heterocycles. The largest absolute Gasteiger partial charge is 0.456 e. The number of fused-ring (bicyclic) bond motifs is 5. The first-order valence-electron chi connectivity index (χ1n) is 12.7. The van der Waals surface area contributed by atoms with Crippen LogP contribution < -0.4 is 0 Å². The fourth-order valence-corrected chi connectivity index (χ4v) is 10.2. The molecule has 31 heavy (non-hydrogen) atoms. The number of esters is 1. The third kappa shape index (κ3) is 2.41. The van der Waals surface area contributed by atoms with E-state index in [0.29, 0.717) is 36.9 Å². The third-order valence-electron chi connectivity index (χ3n) is 12.3. The van der Waals surface area contributed by atoms with Gasteiger partial charge in [-0.25, -0.2) is 0 Å². The van der Waals surface area contributed by atoms with E-state index in [1.165, 1.54) is 0 Å². The zero-order valence-corrected chi connectivity index (χ0v) is 20.5. The number of Topliss-reactive ketones (excluding diaryl/α,β-unsaturated/α-hetero) is 1. The minimum absolute atomic E-state index is 0.0300. The highest BCUT2D eigenvalue weighted by atomic mass is 16.6. The zero-order valence-electron chi connectivity index (χ0n) is 20.5. The average Bonchev–Trinajstić information content (AvgIpc) is 3.18. The topological polar surface area (TPSA) is 63.6 Å². The van der Waals surface area contributed by atoms with E-state index in [-0.39, 0.29) is 33.5 Å². The van der Waals surface area contributed by atoms with Crippen LogP contribution in [0.25, 0.3) is 0 Å². The molecule has 1 N–H and O–H groups in total. The minimum atomic E-state index is -0.929. The molecule has 5 aliphatic rings. The first-order chi connectivity index (χ1) is 14.2. The van der Waals surface area contributed by atoms with E-state index in [2.05, 4.69) is 34.6 Å². The molecule has 4 nitrogen and oxygen atoms in total. The van der Waals surface area contributed by atoms with Crippen molar-refractivity contribution in [1.29, 1.82) is 0 Å². The minimum Gasteiger partial charge on any atom is -0.456 e. The van der Waals surface area contributed by atoms with Crippen LogP contribution in [-0.4, -0.2) is 28.1 Å². The van der Waals surface area contributed by atoms with Gasteiger partial charge >= 0.3 is 5.97 Å². The number of ether oxygens (including phenoxy) is 1. The average molecular weight is 431 g/mol. The smallest absolute Gasteiger partial charge is 0.306 e. The van der Waals surface area contributed by atoms with Gasteiger partial charge in [-0.2, -0.15) is 0 Å². The van der Waals surface area contributed by atoms with Gasteiger partial charge < -0.3 is 9.84 Å². The molecule has 4 aliphatic carbocycles. The molecule has 0 unspecified atom stereocenters. The standard InChI is InChI=1S/C27H42O4/c1-22(2)17-9-13-24(4)18(23(17,3)12-10-20(22)28)7-8-19-25(24,5)15-16-27(19,30)26(6)14-11-21(29)31-26/h17-19,30H,7-16H2,1-6H3/t17-,18+,19-,23-,24+,25+,26-,27+/m0/s1. The van der Waals surface area contributed by atoms with Crippen molar-refractivity contribution in [3.8, 4) is 0 Å². The first kappa shape index (κ1) is 21.9. The zero-order chi connectivity index (χ0) is 22.7. The van der Waals surface area contributed by atoms with Crippen LogP contribution >= 0.6 is 0 Å². The van der Waals surface area contributed by atoms with Gasteiger partial charge in [-0.3, -0.25) is 9.59 Å². The molecule has 1 aliphatic heterocycles. The SMILES string of the molecule is CC1(C)C(=O)CC[C@]2(C)[C@H]3CC[C@@H]4[C@@](O)([C@]5(C)CCC(=O)O5)CC[C@@]4(C)[C@]3(C)CC[C@@H]12. The van der Waals surface area contributed by atoms with Crippen LogP contribution in [0.2, 0.25) is 0 Å². The predicted molar refractivity (Wildman–Crippen MR) is 119 cm³/mol. The Labute approximate surface area is 187 Å². The second kappa shape index (κ2) is 6.15. The van der Waals surface area contributed by atoms with Crippen LogP contribution in [0.3, 0.4) is 0 Å². The number of rotatable bonds is 1. The molecule has 4 saturated carbocycles. The predicted octanol–water partition coefficient (Wildman–Crippen LogP) is 5.45. The second-order valence-electron chi connectivity index (χ2n) is 13.4. The summed E-state index contributed by atoms with van der Waals surface area (Å²) in [5, 5.41) is 12.1. The summed E-state index contributed by atoms with van der Waals surface area (Å²) < 4.78 is 5.82. The Morgan fingerprint density at radius 3 is 2.03 bits per heavy atom. The number of cyclic esters (lactones) is 1. The fraction of sp³-hybridized carbons (Fsp3) is 0.926. The molecule has 174 valence electrons. The lowest BCUT2D eigenvalue weighted by Gasteiger charge is -2.69. The van der Waals surface area contributed by atoms with Crippen LogP contribution in [0.15, 0.2) is 0 Å². The van der Waals surface area contributed by atoms with Crippen LogP contribution in [0, 0.1) is 39.4 Å². The maximum Gasteiger partial charge on any atom is 0.306 e.